The molecule has 3 nitrogen and oxygen atoms in total. The van der Waals surface area contributed by atoms with Crippen LogP contribution in [0.15, 0.2) is 47.8 Å². The molecule has 0 aliphatic heterocycles. The van der Waals surface area contributed by atoms with Gasteiger partial charge in [-0.1, -0.05) is 52.0 Å². The van der Waals surface area contributed by atoms with Crippen LogP contribution in [0.3, 0.4) is 0 Å². The molecule has 2 aromatic heterocycles. The summed E-state index contributed by atoms with van der Waals surface area (Å²) in [5.74, 6) is 0.967. The molecule has 0 N–H and O–H groups in total. The molecule has 0 saturated heterocycles. The van der Waals surface area contributed by atoms with Crippen LogP contribution in [-0.4, -0.2) is 28.9 Å². The van der Waals surface area contributed by atoms with Crippen LogP contribution >= 0.6 is 11.3 Å². The zero-order chi connectivity index (χ0) is 18.7. The van der Waals surface area contributed by atoms with Crippen molar-refractivity contribution < 1.29 is 4.79 Å². The van der Waals surface area contributed by atoms with Gasteiger partial charge in [0, 0.05) is 18.5 Å². The number of benzene rings is 1. The number of amides is 1. The Bertz CT molecular complexity index is 874. The first kappa shape index (κ1) is 18.6. The zero-order valence-electron chi connectivity index (χ0n) is 15.9. The lowest BCUT2D eigenvalue weighted by atomic mass is 10.0. The standard InChI is InChI=1S/C22H26N2OS/c1-15(2)13-24(14-16(3)4)22(25)18-12-20(21-10-7-11-26-21)23-19-9-6-5-8-17(18)19/h5-12,15-16H,13-14H2,1-4H3. The molecule has 0 atom stereocenters. The van der Waals surface area contributed by atoms with E-state index in [0.717, 1.165) is 40.1 Å². The van der Waals surface area contributed by atoms with E-state index in [1.54, 1.807) is 11.3 Å². The van der Waals surface area contributed by atoms with E-state index < -0.39 is 0 Å². The quantitative estimate of drug-likeness (QED) is 0.559. The van der Waals surface area contributed by atoms with Crippen molar-refractivity contribution in [3.8, 4) is 10.6 Å². The van der Waals surface area contributed by atoms with Crippen molar-refractivity contribution in [2.75, 3.05) is 13.1 Å². The van der Waals surface area contributed by atoms with Gasteiger partial charge < -0.3 is 4.90 Å². The van der Waals surface area contributed by atoms with Gasteiger partial charge in [0.25, 0.3) is 5.91 Å². The number of hydrogen-bond acceptors (Lipinski definition) is 3. The smallest absolute Gasteiger partial charge is 0.254 e. The van der Waals surface area contributed by atoms with E-state index in [1.165, 1.54) is 0 Å². The summed E-state index contributed by atoms with van der Waals surface area (Å²) in [6.45, 7) is 10.2. The third-order valence-electron chi connectivity index (χ3n) is 4.18. The Morgan fingerprint density at radius 1 is 1.04 bits per heavy atom. The third-order valence-corrected chi connectivity index (χ3v) is 5.07. The number of fused-ring (bicyclic) bond motifs is 1. The highest BCUT2D eigenvalue weighted by Crippen LogP contribution is 2.28. The summed E-state index contributed by atoms with van der Waals surface area (Å²) < 4.78 is 0. The number of rotatable bonds is 6. The number of carbonyl (C=O) groups excluding carboxylic acids is 1. The summed E-state index contributed by atoms with van der Waals surface area (Å²) in [7, 11) is 0. The Kier molecular flexibility index (Phi) is 5.72. The van der Waals surface area contributed by atoms with Crippen molar-refractivity contribution in [2.45, 2.75) is 27.7 Å². The van der Waals surface area contributed by atoms with E-state index in [0.29, 0.717) is 11.8 Å². The first-order valence-corrected chi connectivity index (χ1v) is 10.1. The van der Waals surface area contributed by atoms with Crippen LogP contribution in [0.25, 0.3) is 21.5 Å². The predicted molar refractivity (Wildman–Crippen MR) is 111 cm³/mol. The van der Waals surface area contributed by atoms with Crippen molar-refractivity contribution in [1.29, 1.82) is 0 Å². The van der Waals surface area contributed by atoms with Crippen LogP contribution in [-0.2, 0) is 0 Å². The molecule has 0 spiro atoms. The molecular formula is C22H26N2OS. The highest BCUT2D eigenvalue weighted by atomic mass is 32.1. The van der Waals surface area contributed by atoms with E-state index in [4.69, 9.17) is 4.98 Å². The minimum Gasteiger partial charge on any atom is -0.338 e. The minimum atomic E-state index is 0.101. The molecule has 2 heterocycles. The topological polar surface area (TPSA) is 33.2 Å². The minimum absolute atomic E-state index is 0.101. The van der Waals surface area contributed by atoms with E-state index >= 15 is 0 Å². The number of nitrogens with zero attached hydrogens (tertiary/aromatic N) is 2. The monoisotopic (exact) mass is 366 g/mol. The second-order valence-electron chi connectivity index (χ2n) is 7.55. The zero-order valence-corrected chi connectivity index (χ0v) is 16.7. The van der Waals surface area contributed by atoms with E-state index in [1.807, 2.05) is 46.7 Å². The van der Waals surface area contributed by atoms with Gasteiger partial charge in [0.15, 0.2) is 0 Å². The lowest BCUT2D eigenvalue weighted by Gasteiger charge is -2.27. The molecule has 0 bridgehead atoms. The van der Waals surface area contributed by atoms with Crippen LogP contribution in [0, 0.1) is 11.8 Å². The molecule has 3 aromatic rings. The Labute approximate surface area is 159 Å². The van der Waals surface area contributed by atoms with E-state index in [2.05, 4.69) is 33.8 Å². The fourth-order valence-electron chi connectivity index (χ4n) is 3.20. The molecular weight excluding hydrogens is 340 g/mol. The highest BCUT2D eigenvalue weighted by Gasteiger charge is 2.21. The molecule has 0 unspecified atom stereocenters. The first-order valence-electron chi connectivity index (χ1n) is 9.18. The van der Waals surface area contributed by atoms with Gasteiger partial charge in [-0.15, -0.1) is 11.3 Å². The number of aromatic nitrogens is 1. The van der Waals surface area contributed by atoms with Crippen molar-refractivity contribution in [2.24, 2.45) is 11.8 Å². The van der Waals surface area contributed by atoms with E-state index in [-0.39, 0.29) is 5.91 Å². The summed E-state index contributed by atoms with van der Waals surface area (Å²) in [5.41, 5.74) is 2.49. The Hall–Kier alpha value is -2.20. The maximum atomic E-state index is 13.5. The normalized spacial score (nSPS) is 11.5. The SMILES string of the molecule is CC(C)CN(CC(C)C)C(=O)c1cc(-c2cccs2)nc2ccccc12. The van der Waals surface area contributed by atoms with E-state index in [9.17, 15) is 4.79 Å². The van der Waals surface area contributed by atoms with Crippen molar-refractivity contribution >= 4 is 28.1 Å². The van der Waals surface area contributed by atoms with Gasteiger partial charge in [0.1, 0.15) is 0 Å². The van der Waals surface area contributed by atoms with Gasteiger partial charge in [0.2, 0.25) is 0 Å². The molecule has 136 valence electrons. The fourth-order valence-corrected chi connectivity index (χ4v) is 3.88. The second kappa shape index (κ2) is 8.00. The maximum Gasteiger partial charge on any atom is 0.254 e. The van der Waals surface area contributed by atoms with Crippen LogP contribution < -0.4 is 0 Å². The fraction of sp³-hybridized carbons (Fsp3) is 0.364. The van der Waals surface area contributed by atoms with Gasteiger partial charge in [-0.2, -0.15) is 0 Å². The molecule has 26 heavy (non-hydrogen) atoms. The van der Waals surface area contributed by atoms with Crippen molar-refractivity contribution in [3.63, 3.8) is 0 Å². The predicted octanol–water partition coefficient (Wildman–Crippen LogP) is 5.72. The van der Waals surface area contributed by atoms with Crippen LogP contribution in [0.1, 0.15) is 38.1 Å². The Morgan fingerprint density at radius 2 is 1.73 bits per heavy atom. The number of pyridine rings is 1. The second-order valence-corrected chi connectivity index (χ2v) is 8.50. The van der Waals surface area contributed by atoms with Crippen LogP contribution in [0.5, 0.6) is 0 Å². The highest BCUT2D eigenvalue weighted by molar-refractivity contribution is 7.13. The lowest BCUT2D eigenvalue weighted by Crippen LogP contribution is -2.37. The lowest BCUT2D eigenvalue weighted by molar-refractivity contribution is 0.0717. The summed E-state index contributed by atoms with van der Waals surface area (Å²) >= 11 is 1.65. The largest absolute Gasteiger partial charge is 0.338 e. The average molecular weight is 367 g/mol. The third kappa shape index (κ3) is 4.13. The number of para-hydroxylation sites is 1. The van der Waals surface area contributed by atoms with Gasteiger partial charge in [-0.25, -0.2) is 4.98 Å². The summed E-state index contributed by atoms with van der Waals surface area (Å²) in [4.78, 5) is 21.3. The van der Waals surface area contributed by atoms with Crippen molar-refractivity contribution in [3.05, 3.63) is 53.4 Å². The number of carbonyl (C=O) groups is 1. The van der Waals surface area contributed by atoms with Gasteiger partial charge in [-0.05, 0) is 35.4 Å². The van der Waals surface area contributed by atoms with Crippen LogP contribution in [0.2, 0.25) is 0 Å². The summed E-state index contributed by atoms with van der Waals surface area (Å²) in [5, 5.41) is 2.97. The number of thiophene rings is 1. The summed E-state index contributed by atoms with van der Waals surface area (Å²) in [6, 6.07) is 14.0. The van der Waals surface area contributed by atoms with Gasteiger partial charge >= 0.3 is 0 Å². The maximum absolute atomic E-state index is 13.5. The van der Waals surface area contributed by atoms with Gasteiger partial charge in [0.05, 0.1) is 21.7 Å². The molecule has 0 fully saturated rings. The Balaban J connectivity index is 2.10. The molecule has 1 amide bonds. The molecule has 0 radical (unpaired) electrons. The molecule has 3 rings (SSSR count). The van der Waals surface area contributed by atoms with Crippen LogP contribution in [0.4, 0.5) is 0 Å². The van der Waals surface area contributed by atoms with Gasteiger partial charge in [-0.3, -0.25) is 4.79 Å². The van der Waals surface area contributed by atoms with Crippen molar-refractivity contribution in [1.82, 2.24) is 9.88 Å². The summed E-state index contributed by atoms with van der Waals surface area (Å²) in [6.07, 6.45) is 0. The average Bonchev–Trinajstić information content (AvgIpc) is 3.13. The number of hydrogen-bond donors (Lipinski definition) is 0. The first-order chi connectivity index (χ1) is 12.5. The Morgan fingerprint density at radius 3 is 2.35 bits per heavy atom. The molecule has 0 aliphatic rings. The molecule has 4 heteroatoms. The molecule has 0 aliphatic carbocycles. The molecule has 0 saturated carbocycles. The molecule has 1 aromatic carbocycles.